The van der Waals surface area contributed by atoms with Crippen LogP contribution < -0.4 is 5.73 Å². The molecule has 0 spiro atoms. The summed E-state index contributed by atoms with van der Waals surface area (Å²) in [6.07, 6.45) is 7.61. The maximum absolute atomic E-state index is 13.0. The second kappa shape index (κ2) is 6.88. The highest BCUT2D eigenvalue weighted by atomic mass is 32.2. The van der Waals surface area contributed by atoms with Gasteiger partial charge in [0, 0.05) is 38.0 Å². The molecule has 0 amide bonds. The highest BCUT2D eigenvalue weighted by Crippen LogP contribution is 2.28. The van der Waals surface area contributed by atoms with Gasteiger partial charge in [0.1, 0.15) is 4.90 Å². The number of piperidine rings is 1. The molecule has 8 heteroatoms. The van der Waals surface area contributed by atoms with Crippen LogP contribution in [0.1, 0.15) is 45.1 Å². The zero-order valence-electron chi connectivity index (χ0n) is 13.6. The summed E-state index contributed by atoms with van der Waals surface area (Å²) in [6.45, 7) is 3.82. The monoisotopic (exact) mass is 342 g/mol. The van der Waals surface area contributed by atoms with E-state index in [4.69, 9.17) is 10.5 Å². The SMILES string of the molecule is C[C@H](N)[C@H]1CCCCN1S(=O)(=O)c1cnn(C2CCOCC2)c1. The molecule has 2 fully saturated rings. The molecule has 0 aromatic carbocycles. The third-order valence-corrected chi connectivity index (χ3v) is 6.73. The molecule has 2 saturated heterocycles. The first-order valence-electron chi connectivity index (χ1n) is 8.39. The van der Waals surface area contributed by atoms with Crippen molar-refractivity contribution in [1.82, 2.24) is 14.1 Å². The van der Waals surface area contributed by atoms with Crippen LogP contribution in [0.15, 0.2) is 17.3 Å². The second-order valence-corrected chi connectivity index (χ2v) is 8.43. The molecule has 130 valence electrons. The molecule has 0 saturated carbocycles. The molecule has 7 nitrogen and oxygen atoms in total. The Labute approximate surface area is 137 Å². The number of ether oxygens (including phenoxy) is 1. The molecular formula is C15H26N4O3S. The molecule has 2 atom stereocenters. The molecule has 2 aliphatic heterocycles. The van der Waals surface area contributed by atoms with Gasteiger partial charge in [-0.1, -0.05) is 6.42 Å². The van der Waals surface area contributed by atoms with E-state index in [-0.39, 0.29) is 23.0 Å². The van der Waals surface area contributed by atoms with E-state index in [1.807, 2.05) is 6.92 Å². The number of hydrogen-bond acceptors (Lipinski definition) is 5. The van der Waals surface area contributed by atoms with Crippen molar-refractivity contribution >= 4 is 10.0 Å². The van der Waals surface area contributed by atoms with Crippen LogP contribution in [-0.4, -0.2) is 54.3 Å². The Morgan fingerprint density at radius 2 is 2.04 bits per heavy atom. The lowest BCUT2D eigenvalue weighted by molar-refractivity contribution is 0.0662. The van der Waals surface area contributed by atoms with Crippen molar-refractivity contribution in [1.29, 1.82) is 0 Å². The smallest absolute Gasteiger partial charge is 0.246 e. The van der Waals surface area contributed by atoms with Crippen molar-refractivity contribution in [2.45, 2.75) is 62.0 Å². The number of hydrogen-bond donors (Lipinski definition) is 1. The van der Waals surface area contributed by atoms with Crippen LogP contribution in [0.4, 0.5) is 0 Å². The number of nitrogens with zero attached hydrogens (tertiary/aromatic N) is 3. The van der Waals surface area contributed by atoms with Gasteiger partial charge in [0.2, 0.25) is 10.0 Å². The third kappa shape index (κ3) is 3.45. The molecule has 3 rings (SSSR count). The number of aromatic nitrogens is 2. The van der Waals surface area contributed by atoms with Crippen LogP contribution in [0.2, 0.25) is 0 Å². The Balaban J connectivity index is 1.82. The maximum Gasteiger partial charge on any atom is 0.246 e. The highest BCUT2D eigenvalue weighted by Gasteiger charge is 2.36. The summed E-state index contributed by atoms with van der Waals surface area (Å²) in [4.78, 5) is 0.275. The van der Waals surface area contributed by atoms with Crippen molar-refractivity contribution in [3.63, 3.8) is 0 Å². The summed E-state index contributed by atoms with van der Waals surface area (Å²) >= 11 is 0. The fourth-order valence-corrected chi connectivity index (χ4v) is 5.21. The van der Waals surface area contributed by atoms with Gasteiger partial charge in [-0.25, -0.2) is 8.42 Å². The van der Waals surface area contributed by atoms with E-state index in [0.717, 1.165) is 32.1 Å². The standard InChI is InChI=1S/C15H26N4O3S/c1-12(16)15-4-2-3-7-19(15)23(20,21)14-10-17-18(11-14)13-5-8-22-9-6-13/h10-13,15H,2-9,16H2,1H3/t12-,15+/m0/s1. The molecule has 0 radical (unpaired) electrons. The van der Waals surface area contributed by atoms with Gasteiger partial charge in [0.15, 0.2) is 0 Å². The third-order valence-electron chi connectivity index (χ3n) is 4.85. The number of rotatable bonds is 4. The predicted octanol–water partition coefficient (Wildman–Crippen LogP) is 1.12. The Bertz CT molecular complexity index is 622. The molecular weight excluding hydrogens is 316 g/mol. The van der Waals surface area contributed by atoms with Crippen molar-refractivity contribution in [3.05, 3.63) is 12.4 Å². The van der Waals surface area contributed by atoms with Gasteiger partial charge in [-0.05, 0) is 32.6 Å². The lowest BCUT2D eigenvalue weighted by Gasteiger charge is -2.36. The molecule has 0 unspecified atom stereocenters. The zero-order chi connectivity index (χ0) is 16.4. The maximum atomic E-state index is 13.0. The first kappa shape index (κ1) is 16.9. The summed E-state index contributed by atoms with van der Waals surface area (Å²) < 4.78 is 34.7. The minimum atomic E-state index is -3.54. The summed E-state index contributed by atoms with van der Waals surface area (Å²) in [5.74, 6) is 0. The summed E-state index contributed by atoms with van der Waals surface area (Å²) in [7, 11) is -3.54. The van der Waals surface area contributed by atoms with Crippen LogP contribution >= 0.6 is 0 Å². The quantitative estimate of drug-likeness (QED) is 0.885. The number of nitrogens with two attached hydrogens (primary N) is 1. The van der Waals surface area contributed by atoms with Crippen LogP contribution in [0, 0.1) is 0 Å². The molecule has 1 aromatic heterocycles. The molecule has 3 heterocycles. The molecule has 1 aromatic rings. The predicted molar refractivity (Wildman–Crippen MR) is 86.5 cm³/mol. The van der Waals surface area contributed by atoms with E-state index in [1.165, 1.54) is 6.20 Å². The summed E-state index contributed by atoms with van der Waals surface area (Å²) in [5, 5.41) is 4.29. The Morgan fingerprint density at radius 3 is 2.74 bits per heavy atom. The minimum absolute atomic E-state index is 0.125. The van der Waals surface area contributed by atoms with Gasteiger partial charge in [-0.3, -0.25) is 4.68 Å². The Morgan fingerprint density at radius 1 is 1.30 bits per heavy atom. The second-order valence-electron chi connectivity index (χ2n) is 6.54. The van der Waals surface area contributed by atoms with E-state index in [1.54, 1.807) is 15.2 Å². The zero-order valence-corrected chi connectivity index (χ0v) is 14.4. The average molecular weight is 342 g/mol. The fourth-order valence-electron chi connectivity index (χ4n) is 3.49. The first-order valence-corrected chi connectivity index (χ1v) is 9.83. The van der Waals surface area contributed by atoms with Gasteiger partial charge in [-0.15, -0.1) is 0 Å². The number of sulfonamides is 1. The topological polar surface area (TPSA) is 90.5 Å². The van der Waals surface area contributed by atoms with E-state index in [0.29, 0.717) is 19.8 Å². The van der Waals surface area contributed by atoms with Crippen LogP contribution in [0.5, 0.6) is 0 Å². The molecule has 0 aliphatic carbocycles. The van der Waals surface area contributed by atoms with Gasteiger partial charge < -0.3 is 10.5 Å². The molecule has 23 heavy (non-hydrogen) atoms. The van der Waals surface area contributed by atoms with E-state index in [9.17, 15) is 8.42 Å². The molecule has 2 aliphatic rings. The van der Waals surface area contributed by atoms with Crippen molar-refractivity contribution < 1.29 is 13.2 Å². The van der Waals surface area contributed by atoms with Crippen molar-refractivity contribution in [2.24, 2.45) is 5.73 Å². The van der Waals surface area contributed by atoms with Gasteiger partial charge in [-0.2, -0.15) is 9.40 Å². The lowest BCUT2D eigenvalue weighted by Crippen LogP contribution is -2.51. The Hall–Kier alpha value is -0.960. The highest BCUT2D eigenvalue weighted by molar-refractivity contribution is 7.89. The van der Waals surface area contributed by atoms with Gasteiger partial charge in [0.05, 0.1) is 12.2 Å². The van der Waals surface area contributed by atoms with Crippen molar-refractivity contribution in [3.8, 4) is 0 Å². The molecule has 0 bridgehead atoms. The normalized spacial score (nSPS) is 26.3. The van der Waals surface area contributed by atoms with Gasteiger partial charge >= 0.3 is 0 Å². The Kier molecular flexibility index (Phi) is 5.05. The van der Waals surface area contributed by atoms with E-state index < -0.39 is 10.0 Å². The van der Waals surface area contributed by atoms with Crippen LogP contribution in [-0.2, 0) is 14.8 Å². The van der Waals surface area contributed by atoms with Gasteiger partial charge in [0.25, 0.3) is 0 Å². The lowest BCUT2D eigenvalue weighted by atomic mass is 10.00. The summed E-state index contributed by atoms with van der Waals surface area (Å²) in [5.41, 5.74) is 6.01. The molecule has 2 N–H and O–H groups in total. The van der Waals surface area contributed by atoms with Crippen LogP contribution in [0.3, 0.4) is 0 Å². The van der Waals surface area contributed by atoms with Crippen molar-refractivity contribution in [2.75, 3.05) is 19.8 Å². The fraction of sp³-hybridized carbons (Fsp3) is 0.800. The van der Waals surface area contributed by atoms with Crippen LogP contribution in [0.25, 0.3) is 0 Å². The first-order chi connectivity index (χ1) is 11.0. The minimum Gasteiger partial charge on any atom is -0.381 e. The van der Waals surface area contributed by atoms with E-state index in [2.05, 4.69) is 5.10 Å². The average Bonchev–Trinajstić information content (AvgIpc) is 3.06. The summed E-state index contributed by atoms with van der Waals surface area (Å²) in [6, 6.07) is -0.0749. The van der Waals surface area contributed by atoms with E-state index >= 15 is 0 Å². The largest absolute Gasteiger partial charge is 0.381 e.